The highest BCUT2D eigenvalue weighted by molar-refractivity contribution is 7.12. The first-order chi connectivity index (χ1) is 13.1. The van der Waals surface area contributed by atoms with Crippen LogP contribution in [0, 0.1) is 0 Å². The van der Waals surface area contributed by atoms with E-state index >= 15 is 0 Å². The molecule has 2 aromatic rings. The van der Waals surface area contributed by atoms with Gasteiger partial charge in [-0.3, -0.25) is 14.4 Å². The summed E-state index contributed by atoms with van der Waals surface area (Å²) < 4.78 is 0. The molecule has 0 spiro atoms. The minimum absolute atomic E-state index is 0.109. The minimum atomic E-state index is -0.515. The lowest BCUT2D eigenvalue weighted by Crippen LogP contribution is -2.43. The summed E-state index contributed by atoms with van der Waals surface area (Å²) in [5.74, 6) is -0.530. The van der Waals surface area contributed by atoms with Crippen LogP contribution in [-0.2, 0) is 4.79 Å². The van der Waals surface area contributed by atoms with Gasteiger partial charge in [-0.15, -0.1) is 11.3 Å². The largest absolute Gasteiger partial charge is 0.349 e. The zero-order chi connectivity index (χ0) is 18.8. The van der Waals surface area contributed by atoms with Crippen molar-refractivity contribution < 1.29 is 14.4 Å². The molecule has 3 amide bonds. The number of anilines is 1. The van der Waals surface area contributed by atoms with Crippen molar-refractivity contribution in [2.24, 2.45) is 0 Å². The molecule has 2 N–H and O–H groups in total. The van der Waals surface area contributed by atoms with Crippen LogP contribution < -0.4 is 10.6 Å². The molecule has 2 aliphatic rings. The van der Waals surface area contributed by atoms with Gasteiger partial charge < -0.3 is 15.5 Å². The first-order valence-corrected chi connectivity index (χ1v) is 10.1. The quantitative estimate of drug-likeness (QED) is 0.833. The molecular weight excluding hydrogens is 362 g/mol. The second kappa shape index (κ2) is 7.52. The molecule has 2 fully saturated rings. The van der Waals surface area contributed by atoms with Crippen molar-refractivity contribution in [3.05, 3.63) is 52.2 Å². The fourth-order valence-electron chi connectivity index (χ4n) is 3.32. The molecule has 1 aromatic heterocycles. The summed E-state index contributed by atoms with van der Waals surface area (Å²) in [5.41, 5.74) is 0.933. The Hall–Kier alpha value is -2.67. The summed E-state index contributed by atoms with van der Waals surface area (Å²) in [6.07, 6.45) is 3.42. The Morgan fingerprint density at radius 3 is 2.59 bits per heavy atom. The van der Waals surface area contributed by atoms with Crippen molar-refractivity contribution >= 4 is 34.7 Å². The van der Waals surface area contributed by atoms with Crippen LogP contribution in [0.5, 0.6) is 0 Å². The van der Waals surface area contributed by atoms with Crippen molar-refractivity contribution in [3.8, 4) is 0 Å². The molecule has 1 saturated heterocycles. The molecule has 6 nitrogen and oxygen atoms in total. The Morgan fingerprint density at radius 2 is 1.85 bits per heavy atom. The highest BCUT2D eigenvalue weighted by atomic mass is 32.1. The lowest BCUT2D eigenvalue weighted by atomic mass is 10.1. The lowest BCUT2D eigenvalue weighted by Gasteiger charge is -2.24. The Kier molecular flexibility index (Phi) is 4.94. The average molecular weight is 383 g/mol. The number of benzene rings is 1. The van der Waals surface area contributed by atoms with E-state index in [1.807, 2.05) is 11.4 Å². The van der Waals surface area contributed by atoms with E-state index in [2.05, 4.69) is 10.6 Å². The molecule has 1 atom stereocenters. The van der Waals surface area contributed by atoms with Crippen molar-refractivity contribution in [1.82, 2.24) is 10.2 Å². The van der Waals surface area contributed by atoms with E-state index in [0.717, 1.165) is 19.3 Å². The van der Waals surface area contributed by atoms with Gasteiger partial charge in [0.1, 0.15) is 6.04 Å². The highest BCUT2D eigenvalue weighted by Gasteiger charge is 2.35. The van der Waals surface area contributed by atoms with Crippen LogP contribution in [0.2, 0.25) is 0 Å². The van der Waals surface area contributed by atoms with Crippen molar-refractivity contribution in [2.45, 2.75) is 37.8 Å². The van der Waals surface area contributed by atoms with Gasteiger partial charge in [-0.05, 0) is 49.3 Å². The van der Waals surface area contributed by atoms with Crippen LogP contribution >= 0.6 is 11.3 Å². The van der Waals surface area contributed by atoms with E-state index in [-0.39, 0.29) is 23.8 Å². The Bertz CT molecular complexity index is 861. The molecule has 0 unspecified atom stereocenters. The first-order valence-electron chi connectivity index (χ1n) is 9.19. The van der Waals surface area contributed by atoms with Gasteiger partial charge in [0.15, 0.2) is 0 Å². The molecule has 0 bridgehead atoms. The molecule has 2 heterocycles. The van der Waals surface area contributed by atoms with Gasteiger partial charge in [0.05, 0.1) is 16.1 Å². The van der Waals surface area contributed by atoms with Crippen LogP contribution in [0.3, 0.4) is 0 Å². The maximum absolute atomic E-state index is 12.9. The van der Waals surface area contributed by atoms with E-state index in [4.69, 9.17) is 0 Å². The SMILES string of the molecule is O=C(NC1CC1)c1ccccc1NC(=O)[C@H]1CCCN1C(=O)c1cccs1. The second-order valence-electron chi connectivity index (χ2n) is 6.92. The van der Waals surface area contributed by atoms with E-state index in [9.17, 15) is 14.4 Å². The van der Waals surface area contributed by atoms with Crippen LogP contribution in [0.1, 0.15) is 45.7 Å². The summed E-state index contributed by atoms with van der Waals surface area (Å²) in [7, 11) is 0. The van der Waals surface area contributed by atoms with Gasteiger partial charge in [0.25, 0.3) is 11.8 Å². The number of likely N-dealkylation sites (tertiary alicyclic amines) is 1. The number of rotatable bonds is 5. The maximum atomic E-state index is 12.9. The van der Waals surface area contributed by atoms with Crippen molar-refractivity contribution in [1.29, 1.82) is 0 Å². The van der Waals surface area contributed by atoms with Crippen molar-refractivity contribution in [2.75, 3.05) is 11.9 Å². The lowest BCUT2D eigenvalue weighted by molar-refractivity contribution is -0.119. The molecule has 4 rings (SSSR count). The highest BCUT2D eigenvalue weighted by Crippen LogP contribution is 2.25. The summed E-state index contributed by atoms with van der Waals surface area (Å²) in [5, 5.41) is 7.67. The molecule has 1 aromatic carbocycles. The van der Waals surface area contributed by atoms with E-state index in [0.29, 0.717) is 29.1 Å². The fraction of sp³-hybridized carbons (Fsp3) is 0.350. The number of nitrogens with zero attached hydrogens (tertiary/aromatic N) is 1. The molecule has 1 saturated carbocycles. The summed E-state index contributed by atoms with van der Waals surface area (Å²) in [6, 6.07) is 10.3. The molecule has 0 radical (unpaired) electrons. The molecule has 1 aliphatic heterocycles. The van der Waals surface area contributed by atoms with Gasteiger partial charge >= 0.3 is 0 Å². The third-order valence-electron chi connectivity index (χ3n) is 4.89. The summed E-state index contributed by atoms with van der Waals surface area (Å²) in [4.78, 5) is 40.2. The van der Waals surface area contributed by atoms with Gasteiger partial charge in [0.2, 0.25) is 5.91 Å². The minimum Gasteiger partial charge on any atom is -0.349 e. The van der Waals surface area contributed by atoms with Crippen molar-refractivity contribution in [3.63, 3.8) is 0 Å². The topological polar surface area (TPSA) is 78.5 Å². The number of hydrogen-bond donors (Lipinski definition) is 2. The average Bonchev–Trinajstić information content (AvgIpc) is 3.16. The molecular formula is C20H21N3O3S. The molecule has 140 valence electrons. The van der Waals surface area contributed by atoms with Gasteiger partial charge in [-0.1, -0.05) is 18.2 Å². The number of hydrogen-bond acceptors (Lipinski definition) is 4. The number of carbonyl (C=O) groups is 3. The predicted molar refractivity (Wildman–Crippen MR) is 104 cm³/mol. The zero-order valence-electron chi connectivity index (χ0n) is 14.8. The van der Waals surface area contributed by atoms with E-state index in [1.54, 1.807) is 35.2 Å². The number of thiophene rings is 1. The third-order valence-corrected chi connectivity index (χ3v) is 5.75. The Labute approximate surface area is 161 Å². The smallest absolute Gasteiger partial charge is 0.264 e. The fourth-order valence-corrected chi connectivity index (χ4v) is 4.00. The molecule has 7 heteroatoms. The standard InChI is InChI=1S/C20H21N3O3S/c24-18(21-13-9-10-13)14-5-1-2-6-15(14)22-19(25)16-7-3-11-23(16)20(26)17-8-4-12-27-17/h1-2,4-6,8,12-13,16H,3,7,9-11H2,(H,21,24)(H,22,25)/t16-/m1/s1. The monoisotopic (exact) mass is 383 g/mol. The maximum Gasteiger partial charge on any atom is 0.264 e. The van der Waals surface area contributed by atoms with E-state index < -0.39 is 6.04 Å². The summed E-state index contributed by atoms with van der Waals surface area (Å²) in [6.45, 7) is 0.568. The third kappa shape index (κ3) is 3.88. The predicted octanol–water partition coefficient (Wildman–Crippen LogP) is 2.88. The van der Waals surface area contributed by atoms with Crippen LogP contribution in [0.15, 0.2) is 41.8 Å². The number of nitrogens with one attached hydrogen (secondary N) is 2. The van der Waals surface area contributed by atoms with Crippen LogP contribution in [0.25, 0.3) is 0 Å². The van der Waals surface area contributed by atoms with Crippen LogP contribution in [0.4, 0.5) is 5.69 Å². The van der Waals surface area contributed by atoms with Gasteiger partial charge in [-0.25, -0.2) is 0 Å². The number of amides is 3. The zero-order valence-corrected chi connectivity index (χ0v) is 15.6. The number of carbonyl (C=O) groups excluding carboxylic acids is 3. The normalized spacial score (nSPS) is 19.0. The second-order valence-corrected chi connectivity index (χ2v) is 7.86. The molecule has 1 aliphatic carbocycles. The molecule has 27 heavy (non-hydrogen) atoms. The van der Waals surface area contributed by atoms with Crippen LogP contribution in [-0.4, -0.2) is 41.2 Å². The first kappa shape index (κ1) is 17.7. The Morgan fingerprint density at radius 1 is 1.04 bits per heavy atom. The number of para-hydroxylation sites is 1. The van der Waals surface area contributed by atoms with E-state index in [1.165, 1.54) is 11.3 Å². The Balaban J connectivity index is 1.48. The summed E-state index contributed by atoms with van der Waals surface area (Å²) >= 11 is 1.38. The van der Waals surface area contributed by atoms with Gasteiger partial charge in [0, 0.05) is 12.6 Å². The van der Waals surface area contributed by atoms with Gasteiger partial charge in [-0.2, -0.15) is 0 Å².